The van der Waals surface area contributed by atoms with Crippen LogP contribution < -0.4 is 10.6 Å². The molecule has 2 amide bonds. The summed E-state index contributed by atoms with van der Waals surface area (Å²) in [5.74, 6) is 1.56. The summed E-state index contributed by atoms with van der Waals surface area (Å²) in [4.78, 5) is 32.5. The first-order valence-corrected chi connectivity index (χ1v) is 11.2. The Balaban J connectivity index is 1.45. The molecule has 0 bridgehead atoms. The number of piperidine rings is 2. The zero-order valence-corrected chi connectivity index (χ0v) is 18.3. The SMILES string of the molecule is CCNC(=NCC(=O)N1CCC(Cc2ccccc2)CC1)NC1CCC(=O)N(C)C1. The van der Waals surface area contributed by atoms with Gasteiger partial charge in [0.25, 0.3) is 0 Å². The number of rotatable bonds is 6. The quantitative estimate of drug-likeness (QED) is 0.549. The first kappa shape index (κ1) is 22.1. The molecule has 2 fully saturated rings. The van der Waals surface area contributed by atoms with E-state index in [1.807, 2.05) is 24.9 Å². The lowest BCUT2D eigenvalue weighted by Gasteiger charge is -2.32. The van der Waals surface area contributed by atoms with E-state index in [-0.39, 0.29) is 24.4 Å². The molecule has 0 aromatic heterocycles. The van der Waals surface area contributed by atoms with Crippen molar-refractivity contribution in [2.75, 3.05) is 39.8 Å². The highest BCUT2D eigenvalue weighted by molar-refractivity contribution is 5.85. The van der Waals surface area contributed by atoms with E-state index in [2.05, 4.69) is 39.9 Å². The second-order valence-corrected chi connectivity index (χ2v) is 8.36. The van der Waals surface area contributed by atoms with Gasteiger partial charge in [0.1, 0.15) is 6.54 Å². The maximum absolute atomic E-state index is 12.7. The van der Waals surface area contributed by atoms with Gasteiger partial charge < -0.3 is 20.4 Å². The zero-order valence-electron chi connectivity index (χ0n) is 18.3. The number of benzene rings is 1. The van der Waals surface area contributed by atoms with Crippen LogP contribution in [-0.4, -0.2) is 73.4 Å². The van der Waals surface area contributed by atoms with Crippen LogP contribution in [0, 0.1) is 5.92 Å². The Hall–Kier alpha value is -2.57. The van der Waals surface area contributed by atoms with Crippen LogP contribution in [-0.2, 0) is 16.0 Å². The molecule has 1 aromatic carbocycles. The number of carbonyl (C=O) groups excluding carboxylic acids is 2. The van der Waals surface area contributed by atoms with E-state index in [1.54, 1.807) is 4.90 Å². The Bertz CT molecular complexity index is 728. The Morgan fingerprint density at radius 1 is 1.17 bits per heavy atom. The van der Waals surface area contributed by atoms with Crippen molar-refractivity contribution in [2.24, 2.45) is 10.9 Å². The number of aliphatic imine (C=N–C) groups is 1. The van der Waals surface area contributed by atoms with Crippen molar-refractivity contribution in [2.45, 2.75) is 45.1 Å². The number of guanidine groups is 1. The number of amides is 2. The van der Waals surface area contributed by atoms with Gasteiger partial charge in [-0.1, -0.05) is 30.3 Å². The number of likely N-dealkylation sites (tertiary alicyclic amines) is 2. The van der Waals surface area contributed by atoms with Crippen LogP contribution in [0.1, 0.15) is 38.2 Å². The van der Waals surface area contributed by atoms with Gasteiger partial charge >= 0.3 is 0 Å². The minimum absolute atomic E-state index is 0.0845. The predicted molar refractivity (Wildman–Crippen MR) is 119 cm³/mol. The molecule has 30 heavy (non-hydrogen) atoms. The lowest BCUT2D eigenvalue weighted by molar-refractivity contribution is -0.132. The van der Waals surface area contributed by atoms with Crippen LogP contribution in [0.5, 0.6) is 0 Å². The summed E-state index contributed by atoms with van der Waals surface area (Å²) in [6.45, 7) is 5.17. The number of nitrogens with zero attached hydrogens (tertiary/aromatic N) is 3. The fraction of sp³-hybridized carbons (Fsp3) is 0.609. The summed E-state index contributed by atoms with van der Waals surface area (Å²) in [5.41, 5.74) is 1.38. The maximum Gasteiger partial charge on any atom is 0.244 e. The van der Waals surface area contributed by atoms with Crippen LogP contribution in [0.2, 0.25) is 0 Å². The molecule has 2 saturated heterocycles. The van der Waals surface area contributed by atoms with Crippen LogP contribution in [0.4, 0.5) is 0 Å². The summed E-state index contributed by atoms with van der Waals surface area (Å²) in [6.07, 6.45) is 4.52. The molecule has 0 aliphatic carbocycles. The third-order valence-corrected chi connectivity index (χ3v) is 6.02. The van der Waals surface area contributed by atoms with E-state index in [0.29, 0.717) is 24.8 Å². The van der Waals surface area contributed by atoms with Crippen molar-refractivity contribution in [3.63, 3.8) is 0 Å². The summed E-state index contributed by atoms with van der Waals surface area (Å²) in [7, 11) is 1.82. The smallest absolute Gasteiger partial charge is 0.244 e. The maximum atomic E-state index is 12.7. The molecule has 1 aromatic rings. The van der Waals surface area contributed by atoms with Crippen LogP contribution in [0.3, 0.4) is 0 Å². The van der Waals surface area contributed by atoms with E-state index in [9.17, 15) is 9.59 Å². The number of likely N-dealkylation sites (N-methyl/N-ethyl adjacent to an activating group) is 1. The predicted octanol–water partition coefficient (Wildman–Crippen LogP) is 1.64. The van der Waals surface area contributed by atoms with Crippen molar-refractivity contribution >= 4 is 17.8 Å². The second kappa shape index (κ2) is 11.0. The highest BCUT2D eigenvalue weighted by Gasteiger charge is 2.25. The molecule has 0 radical (unpaired) electrons. The monoisotopic (exact) mass is 413 g/mol. The zero-order chi connectivity index (χ0) is 21.3. The van der Waals surface area contributed by atoms with Crippen molar-refractivity contribution in [3.05, 3.63) is 35.9 Å². The van der Waals surface area contributed by atoms with Crippen LogP contribution >= 0.6 is 0 Å². The minimum Gasteiger partial charge on any atom is -0.357 e. The summed E-state index contributed by atoms with van der Waals surface area (Å²) in [5, 5.41) is 6.59. The third-order valence-electron chi connectivity index (χ3n) is 6.02. The van der Waals surface area contributed by atoms with Gasteiger partial charge in [0.05, 0.1) is 0 Å². The lowest BCUT2D eigenvalue weighted by atomic mass is 9.90. The van der Waals surface area contributed by atoms with Gasteiger partial charge in [-0.3, -0.25) is 9.59 Å². The van der Waals surface area contributed by atoms with Crippen LogP contribution in [0.15, 0.2) is 35.3 Å². The van der Waals surface area contributed by atoms with E-state index in [1.165, 1.54) is 5.56 Å². The fourth-order valence-corrected chi connectivity index (χ4v) is 4.22. The molecule has 1 unspecified atom stereocenters. The van der Waals surface area contributed by atoms with Gasteiger partial charge in [0, 0.05) is 45.7 Å². The molecular weight excluding hydrogens is 378 g/mol. The van der Waals surface area contributed by atoms with Gasteiger partial charge in [-0.2, -0.15) is 0 Å². The summed E-state index contributed by atoms with van der Waals surface area (Å²) in [6, 6.07) is 10.8. The van der Waals surface area contributed by atoms with Crippen molar-refractivity contribution in [1.82, 2.24) is 20.4 Å². The van der Waals surface area contributed by atoms with Crippen molar-refractivity contribution < 1.29 is 9.59 Å². The molecule has 2 aliphatic heterocycles. The third kappa shape index (κ3) is 6.47. The second-order valence-electron chi connectivity index (χ2n) is 8.36. The van der Waals surface area contributed by atoms with Gasteiger partial charge in [-0.15, -0.1) is 0 Å². The van der Waals surface area contributed by atoms with E-state index >= 15 is 0 Å². The molecule has 2 heterocycles. The van der Waals surface area contributed by atoms with Crippen molar-refractivity contribution in [1.29, 1.82) is 0 Å². The molecule has 2 aliphatic rings. The first-order valence-electron chi connectivity index (χ1n) is 11.2. The highest BCUT2D eigenvalue weighted by Crippen LogP contribution is 2.21. The lowest BCUT2D eigenvalue weighted by Crippen LogP contribution is -2.52. The van der Waals surface area contributed by atoms with E-state index < -0.39 is 0 Å². The molecule has 7 heteroatoms. The molecule has 0 saturated carbocycles. The average Bonchev–Trinajstić information content (AvgIpc) is 2.76. The fourth-order valence-electron chi connectivity index (χ4n) is 4.22. The molecule has 164 valence electrons. The minimum atomic E-state index is 0.0845. The van der Waals surface area contributed by atoms with Gasteiger partial charge in [0.15, 0.2) is 5.96 Å². The standard InChI is InChI=1S/C23H35N5O2/c1-3-24-23(26-20-9-10-21(29)27(2)17-20)25-16-22(30)28-13-11-19(12-14-28)15-18-7-5-4-6-8-18/h4-8,19-20H,3,9-17H2,1-2H3,(H2,24,25,26). The Labute approximate surface area is 179 Å². The molecule has 1 atom stereocenters. The normalized spacial score (nSPS) is 20.9. The first-order chi connectivity index (χ1) is 14.5. The number of hydrogen-bond acceptors (Lipinski definition) is 3. The summed E-state index contributed by atoms with van der Waals surface area (Å²) < 4.78 is 0. The van der Waals surface area contributed by atoms with E-state index in [4.69, 9.17) is 0 Å². The molecule has 7 nitrogen and oxygen atoms in total. The number of hydrogen-bond donors (Lipinski definition) is 2. The van der Waals surface area contributed by atoms with E-state index in [0.717, 1.165) is 45.3 Å². The topological polar surface area (TPSA) is 77.0 Å². The Morgan fingerprint density at radius 2 is 1.90 bits per heavy atom. The molecular formula is C23H35N5O2. The largest absolute Gasteiger partial charge is 0.357 e. The van der Waals surface area contributed by atoms with Gasteiger partial charge in [-0.25, -0.2) is 4.99 Å². The molecule has 3 rings (SSSR count). The van der Waals surface area contributed by atoms with Gasteiger partial charge in [-0.05, 0) is 44.1 Å². The average molecular weight is 414 g/mol. The van der Waals surface area contributed by atoms with Crippen molar-refractivity contribution in [3.8, 4) is 0 Å². The van der Waals surface area contributed by atoms with Crippen LogP contribution in [0.25, 0.3) is 0 Å². The Morgan fingerprint density at radius 3 is 2.57 bits per heavy atom. The summed E-state index contributed by atoms with van der Waals surface area (Å²) >= 11 is 0. The number of nitrogens with one attached hydrogen (secondary N) is 2. The molecule has 0 spiro atoms. The highest BCUT2D eigenvalue weighted by atomic mass is 16.2. The molecule has 2 N–H and O–H groups in total. The van der Waals surface area contributed by atoms with Gasteiger partial charge in [0.2, 0.25) is 11.8 Å². The Kier molecular flexibility index (Phi) is 8.11. The number of carbonyl (C=O) groups is 2.